The number of sulfonamides is 1. The van der Waals surface area contributed by atoms with Gasteiger partial charge in [0.15, 0.2) is 0 Å². The molecule has 0 aliphatic heterocycles. The zero-order chi connectivity index (χ0) is 18.7. The molecule has 0 bridgehead atoms. The van der Waals surface area contributed by atoms with Crippen LogP contribution in [0.2, 0.25) is 5.02 Å². The lowest BCUT2D eigenvalue weighted by atomic mass is 10.1. The summed E-state index contributed by atoms with van der Waals surface area (Å²) < 4.78 is 77.6. The highest BCUT2D eigenvalue weighted by Gasteiger charge is 2.32. The SMILES string of the molecule is O=S(=O)(NCC#Cc1ccccc1C(F)(F)F)c1ccc(F)c(Cl)c1. The van der Waals surface area contributed by atoms with E-state index >= 15 is 0 Å². The van der Waals surface area contributed by atoms with Crippen molar-refractivity contribution in [1.29, 1.82) is 0 Å². The minimum Gasteiger partial charge on any atom is -0.207 e. The van der Waals surface area contributed by atoms with E-state index in [1.165, 1.54) is 18.2 Å². The maximum atomic E-state index is 13.1. The summed E-state index contributed by atoms with van der Waals surface area (Å²) in [6, 6.07) is 7.52. The van der Waals surface area contributed by atoms with Gasteiger partial charge in [0.2, 0.25) is 10.0 Å². The third kappa shape index (κ3) is 4.95. The van der Waals surface area contributed by atoms with E-state index < -0.39 is 34.1 Å². The Morgan fingerprint density at radius 3 is 2.44 bits per heavy atom. The van der Waals surface area contributed by atoms with Crippen LogP contribution in [0.1, 0.15) is 11.1 Å². The van der Waals surface area contributed by atoms with E-state index in [1.807, 2.05) is 0 Å². The van der Waals surface area contributed by atoms with Gasteiger partial charge in [0.05, 0.1) is 22.0 Å². The first-order valence-electron chi connectivity index (χ1n) is 6.71. The van der Waals surface area contributed by atoms with Crippen molar-refractivity contribution in [1.82, 2.24) is 4.72 Å². The topological polar surface area (TPSA) is 46.2 Å². The third-order valence-electron chi connectivity index (χ3n) is 3.01. The summed E-state index contributed by atoms with van der Waals surface area (Å²) in [5.41, 5.74) is -1.17. The molecule has 0 heterocycles. The lowest BCUT2D eigenvalue weighted by Crippen LogP contribution is -2.24. The fraction of sp³-hybridized carbons (Fsp3) is 0.125. The Bertz CT molecular complexity index is 947. The molecule has 0 aromatic heterocycles. The third-order valence-corrected chi connectivity index (χ3v) is 4.70. The van der Waals surface area contributed by atoms with Crippen molar-refractivity contribution in [2.45, 2.75) is 11.1 Å². The van der Waals surface area contributed by atoms with Crippen LogP contribution in [0, 0.1) is 17.7 Å². The summed E-state index contributed by atoms with van der Waals surface area (Å²) >= 11 is 5.52. The quantitative estimate of drug-likeness (QED) is 0.638. The first kappa shape index (κ1) is 19.2. The van der Waals surface area contributed by atoms with Gasteiger partial charge in [-0.3, -0.25) is 0 Å². The number of rotatable bonds is 3. The fourth-order valence-corrected chi connectivity index (χ4v) is 3.03. The molecule has 0 unspecified atom stereocenters. The summed E-state index contributed by atoms with van der Waals surface area (Å²) in [6.45, 7) is -0.427. The molecule has 0 fully saturated rings. The molecule has 2 aromatic carbocycles. The Morgan fingerprint density at radius 2 is 1.80 bits per heavy atom. The van der Waals surface area contributed by atoms with Crippen molar-refractivity contribution in [2.75, 3.05) is 6.54 Å². The molecule has 2 aromatic rings. The molecule has 132 valence electrons. The second-order valence-electron chi connectivity index (χ2n) is 4.75. The van der Waals surface area contributed by atoms with Crippen molar-refractivity contribution in [2.24, 2.45) is 0 Å². The van der Waals surface area contributed by atoms with E-state index in [-0.39, 0.29) is 15.5 Å². The van der Waals surface area contributed by atoms with Gasteiger partial charge in [-0.2, -0.15) is 17.9 Å². The van der Waals surface area contributed by atoms with Gasteiger partial charge >= 0.3 is 6.18 Å². The summed E-state index contributed by atoms with van der Waals surface area (Å²) in [5.74, 6) is 3.83. The summed E-state index contributed by atoms with van der Waals surface area (Å²) in [5, 5.41) is -0.368. The van der Waals surface area contributed by atoms with Crippen molar-refractivity contribution in [3.63, 3.8) is 0 Å². The largest absolute Gasteiger partial charge is 0.417 e. The van der Waals surface area contributed by atoms with Gasteiger partial charge in [-0.25, -0.2) is 12.8 Å². The Morgan fingerprint density at radius 1 is 1.12 bits per heavy atom. The summed E-state index contributed by atoms with van der Waals surface area (Å²) in [4.78, 5) is -0.281. The molecule has 0 spiro atoms. The van der Waals surface area contributed by atoms with Crippen LogP contribution >= 0.6 is 11.6 Å². The molecule has 1 N–H and O–H groups in total. The van der Waals surface area contributed by atoms with Crippen LogP contribution in [-0.4, -0.2) is 15.0 Å². The maximum absolute atomic E-state index is 13.1. The van der Waals surface area contributed by atoms with Crippen molar-refractivity contribution >= 4 is 21.6 Å². The van der Waals surface area contributed by atoms with Crippen LogP contribution in [0.3, 0.4) is 0 Å². The number of alkyl halides is 3. The predicted octanol–water partition coefficient (Wildman–Crippen LogP) is 3.83. The summed E-state index contributed by atoms with van der Waals surface area (Å²) in [6.07, 6.45) is -4.56. The molecule has 0 radical (unpaired) electrons. The van der Waals surface area contributed by atoms with Crippen molar-refractivity contribution in [3.05, 3.63) is 64.4 Å². The van der Waals surface area contributed by atoms with Crippen LogP contribution in [0.5, 0.6) is 0 Å². The van der Waals surface area contributed by atoms with Gasteiger partial charge in [-0.05, 0) is 30.3 Å². The van der Waals surface area contributed by atoms with Gasteiger partial charge in [0.25, 0.3) is 0 Å². The fourth-order valence-electron chi connectivity index (χ4n) is 1.84. The number of hydrogen-bond donors (Lipinski definition) is 1. The molecule has 3 nitrogen and oxygen atoms in total. The van der Waals surface area contributed by atoms with E-state index in [1.54, 1.807) is 0 Å². The molecule has 2 rings (SSSR count). The van der Waals surface area contributed by atoms with E-state index in [9.17, 15) is 26.0 Å². The minimum absolute atomic E-state index is 0.265. The summed E-state index contributed by atoms with van der Waals surface area (Å²) in [7, 11) is -4.02. The normalized spacial score (nSPS) is 11.7. The Labute approximate surface area is 146 Å². The highest BCUT2D eigenvalue weighted by Crippen LogP contribution is 2.31. The molecular formula is C16H10ClF4NO2S. The zero-order valence-corrected chi connectivity index (χ0v) is 13.9. The maximum Gasteiger partial charge on any atom is 0.417 e. The highest BCUT2D eigenvalue weighted by molar-refractivity contribution is 7.89. The van der Waals surface area contributed by atoms with Crippen molar-refractivity contribution < 1.29 is 26.0 Å². The van der Waals surface area contributed by atoms with E-state index in [0.29, 0.717) is 0 Å². The van der Waals surface area contributed by atoms with Gasteiger partial charge in [0.1, 0.15) is 5.82 Å². The number of halogens is 5. The molecule has 0 atom stereocenters. The lowest BCUT2D eigenvalue weighted by molar-refractivity contribution is -0.137. The van der Waals surface area contributed by atoms with Crippen LogP contribution < -0.4 is 4.72 Å². The first-order chi connectivity index (χ1) is 11.6. The molecule has 0 aliphatic rings. The van der Waals surface area contributed by atoms with Crippen LogP contribution in [0.15, 0.2) is 47.4 Å². The smallest absolute Gasteiger partial charge is 0.207 e. The standard InChI is InChI=1S/C16H10ClF4NO2S/c17-14-10-12(7-8-15(14)18)25(23,24)22-9-3-5-11-4-1-2-6-13(11)16(19,20)21/h1-2,4,6-8,10,22H,9H2. The Hall–Kier alpha value is -2.08. The lowest BCUT2D eigenvalue weighted by Gasteiger charge is -2.08. The van der Waals surface area contributed by atoms with Gasteiger partial charge in [0, 0.05) is 5.56 Å². The van der Waals surface area contributed by atoms with E-state index in [2.05, 4.69) is 16.6 Å². The highest BCUT2D eigenvalue weighted by atomic mass is 35.5. The molecule has 9 heteroatoms. The molecule has 0 saturated heterocycles. The average molecular weight is 392 g/mol. The molecule has 0 aliphatic carbocycles. The minimum atomic E-state index is -4.56. The number of nitrogens with one attached hydrogen (secondary N) is 1. The van der Waals surface area contributed by atoms with E-state index in [0.717, 1.165) is 24.3 Å². The van der Waals surface area contributed by atoms with E-state index in [4.69, 9.17) is 11.6 Å². The van der Waals surface area contributed by atoms with Crippen LogP contribution in [0.25, 0.3) is 0 Å². The van der Waals surface area contributed by atoms with Gasteiger partial charge in [-0.15, -0.1) is 0 Å². The molecule has 0 saturated carbocycles. The number of hydrogen-bond acceptors (Lipinski definition) is 2. The Balaban J connectivity index is 2.14. The molecular weight excluding hydrogens is 382 g/mol. The predicted molar refractivity (Wildman–Crippen MR) is 84.9 cm³/mol. The van der Waals surface area contributed by atoms with Crippen LogP contribution in [-0.2, 0) is 16.2 Å². The molecule has 0 amide bonds. The first-order valence-corrected chi connectivity index (χ1v) is 8.57. The van der Waals surface area contributed by atoms with Gasteiger partial charge < -0.3 is 0 Å². The Kier molecular flexibility index (Phi) is 5.72. The second-order valence-corrected chi connectivity index (χ2v) is 6.92. The van der Waals surface area contributed by atoms with Gasteiger partial charge in [-0.1, -0.05) is 35.6 Å². The monoisotopic (exact) mass is 391 g/mol. The van der Waals surface area contributed by atoms with Crippen LogP contribution in [0.4, 0.5) is 17.6 Å². The number of benzene rings is 2. The second kappa shape index (κ2) is 7.44. The van der Waals surface area contributed by atoms with Crippen molar-refractivity contribution in [3.8, 4) is 11.8 Å². The molecule has 25 heavy (non-hydrogen) atoms. The zero-order valence-electron chi connectivity index (χ0n) is 12.4. The average Bonchev–Trinajstić information content (AvgIpc) is 2.53.